The molecule has 0 spiro atoms. The predicted octanol–water partition coefficient (Wildman–Crippen LogP) is 1.28. The van der Waals surface area contributed by atoms with E-state index in [2.05, 4.69) is 15.3 Å². The SMILES string of the molecule is CC1(C)C(O)CC1Nc1ncnc(Cl)c1N. The molecule has 16 heavy (non-hydrogen) atoms. The summed E-state index contributed by atoms with van der Waals surface area (Å²) in [5.74, 6) is 0.532. The Labute approximate surface area is 99.0 Å². The van der Waals surface area contributed by atoms with Gasteiger partial charge in [-0.2, -0.15) is 0 Å². The Morgan fingerprint density at radius 3 is 2.81 bits per heavy atom. The molecule has 1 heterocycles. The average Bonchev–Trinajstić information content (AvgIpc) is 2.24. The van der Waals surface area contributed by atoms with E-state index in [1.165, 1.54) is 6.33 Å². The molecule has 5 nitrogen and oxygen atoms in total. The number of nitrogen functional groups attached to an aromatic ring is 1. The smallest absolute Gasteiger partial charge is 0.157 e. The Morgan fingerprint density at radius 2 is 2.25 bits per heavy atom. The highest BCUT2D eigenvalue weighted by Crippen LogP contribution is 2.42. The van der Waals surface area contributed by atoms with E-state index in [4.69, 9.17) is 17.3 Å². The molecule has 1 aromatic heterocycles. The summed E-state index contributed by atoms with van der Waals surface area (Å²) in [7, 11) is 0. The van der Waals surface area contributed by atoms with Crippen molar-refractivity contribution in [1.29, 1.82) is 0 Å². The number of rotatable bonds is 2. The predicted molar refractivity (Wildman–Crippen MR) is 63.3 cm³/mol. The first-order valence-electron chi connectivity index (χ1n) is 5.13. The quantitative estimate of drug-likeness (QED) is 0.681. The van der Waals surface area contributed by atoms with Gasteiger partial charge in [-0.05, 0) is 6.42 Å². The number of aliphatic hydroxyl groups excluding tert-OH is 1. The van der Waals surface area contributed by atoms with E-state index in [0.29, 0.717) is 17.9 Å². The van der Waals surface area contributed by atoms with E-state index in [0.717, 1.165) is 0 Å². The van der Waals surface area contributed by atoms with Gasteiger partial charge < -0.3 is 16.2 Å². The van der Waals surface area contributed by atoms with E-state index in [1.807, 2.05) is 13.8 Å². The Balaban J connectivity index is 2.14. The maximum absolute atomic E-state index is 9.62. The minimum atomic E-state index is -0.288. The Hall–Kier alpha value is -1.07. The summed E-state index contributed by atoms with van der Waals surface area (Å²) in [6.45, 7) is 4.00. The monoisotopic (exact) mass is 242 g/mol. The number of hydrogen-bond donors (Lipinski definition) is 3. The van der Waals surface area contributed by atoms with Crippen LogP contribution in [0, 0.1) is 5.41 Å². The fraction of sp³-hybridized carbons (Fsp3) is 0.600. The second-order valence-electron chi connectivity index (χ2n) is 4.70. The molecule has 1 fully saturated rings. The zero-order chi connectivity index (χ0) is 11.9. The van der Waals surface area contributed by atoms with Gasteiger partial charge in [0, 0.05) is 11.5 Å². The molecule has 1 saturated carbocycles. The first kappa shape index (κ1) is 11.4. The fourth-order valence-corrected chi connectivity index (χ4v) is 1.93. The molecule has 1 aliphatic carbocycles. The third-order valence-corrected chi connectivity index (χ3v) is 3.66. The zero-order valence-electron chi connectivity index (χ0n) is 9.24. The summed E-state index contributed by atoms with van der Waals surface area (Å²) in [6.07, 6.45) is 1.76. The van der Waals surface area contributed by atoms with Crippen molar-refractivity contribution >= 4 is 23.1 Å². The van der Waals surface area contributed by atoms with E-state index in [9.17, 15) is 5.11 Å². The molecular weight excluding hydrogens is 228 g/mol. The molecule has 0 bridgehead atoms. The van der Waals surface area contributed by atoms with Crippen molar-refractivity contribution < 1.29 is 5.11 Å². The van der Waals surface area contributed by atoms with Crippen LogP contribution < -0.4 is 11.1 Å². The maximum Gasteiger partial charge on any atom is 0.157 e. The number of nitrogens with zero attached hydrogens (tertiary/aromatic N) is 2. The summed E-state index contributed by atoms with van der Waals surface area (Å²) in [4.78, 5) is 7.82. The van der Waals surface area contributed by atoms with Gasteiger partial charge in [-0.3, -0.25) is 0 Å². The molecule has 0 radical (unpaired) electrons. The molecule has 88 valence electrons. The van der Waals surface area contributed by atoms with E-state index in [-0.39, 0.29) is 22.7 Å². The van der Waals surface area contributed by atoms with E-state index in [1.54, 1.807) is 0 Å². The van der Waals surface area contributed by atoms with E-state index >= 15 is 0 Å². The van der Waals surface area contributed by atoms with Gasteiger partial charge in [0.05, 0.1) is 6.10 Å². The molecule has 0 amide bonds. The summed E-state index contributed by atoms with van der Waals surface area (Å²) in [6, 6.07) is 0.149. The van der Waals surface area contributed by atoms with Gasteiger partial charge in [0.2, 0.25) is 0 Å². The second-order valence-corrected chi connectivity index (χ2v) is 5.05. The van der Waals surface area contributed by atoms with Gasteiger partial charge in [0.1, 0.15) is 12.0 Å². The highest BCUT2D eigenvalue weighted by Gasteiger charge is 2.47. The topological polar surface area (TPSA) is 84.1 Å². The molecule has 0 aliphatic heterocycles. The van der Waals surface area contributed by atoms with Crippen molar-refractivity contribution in [3.05, 3.63) is 11.5 Å². The molecule has 2 unspecified atom stereocenters. The van der Waals surface area contributed by atoms with Crippen LogP contribution in [0.1, 0.15) is 20.3 Å². The molecule has 0 saturated heterocycles. The summed E-state index contributed by atoms with van der Waals surface area (Å²) in [5, 5.41) is 13.1. The van der Waals surface area contributed by atoms with Gasteiger partial charge in [-0.25, -0.2) is 9.97 Å². The number of anilines is 2. The van der Waals surface area contributed by atoms with Crippen molar-refractivity contribution in [2.75, 3.05) is 11.1 Å². The van der Waals surface area contributed by atoms with Crippen LogP contribution in [0.2, 0.25) is 5.15 Å². The lowest BCUT2D eigenvalue weighted by Gasteiger charge is -2.49. The number of halogens is 1. The molecular formula is C10H15ClN4O. The standard InChI is InChI=1S/C10H15ClN4O/c1-10(2)5(3-6(10)16)15-9-7(12)8(11)13-4-14-9/h4-6,16H,3,12H2,1-2H3,(H,13,14,15). The van der Waals surface area contributed by atoms with Crippen molar-refractivity contribution in [3.8, 4) is 0 Å². The first-order chi connectivity index (χ1) is 7.43. The number of aromatic nitrogens is 2. The minimum absolute atomic E-state index is 0.149. The van der Waals surface area contributed by atoms with Gasteiger partial charge in [-0.1, -0.05) is 25.4 Å². The second kappa shape index (κ2) is 3.75. The summed E-state index contributed by atoms with van der Waals surface area (Å²) in [5.41, 5.74) is 5.92. The summed E-state index contributed by atoms with van der Waals surface area (Å²) >= 11 is 5.79. The third-order valence-electron chi connectivity index (χ3n) is 3.36. The van der Waals surface area contributed by atoms with Gasteiger partial charge in [0.25, 0.3) is 0 Å². The van der Waals surface area contributed by atoms with Crippen LogP contribution in [0.5, 0.6) is 0 Å². The highest BCUT2D eigenvalue weighted by atomic mass is 35.5. The van der Waals surface area contributed by atoms with Crippen molar-refractivity contribution in [2.45, 2.75) is 32.4 Å². The Kier molecular flexibility index (Phi) is 2.67. The van der Waals surface area contributed by atoms with Crippen LogP contribution in [0.3, 0.4) is 0 Å². The Morgan fingerprint density at radius 1 is 1.56 bits per heavy atom. The largest absolute Gasteiger partial charge is 0.393 e. The van der Waals surface area contributed by atoms with Crippen LogP contribution in [0.15, 0.2) is 6.33 Å². The van der Waals surface area contributed by atoms with Crippen LogP contribution >= 0.6 is 11.6 Å². The molecule has 2 atom stereocenters. The highest BCUT2D eigenvalue weighted by molar-refractivity contribution is 6.32. The average molecular weight is 243 g/mol. The molecule has 0 aromatic carbocycles. The lowest BCUT2D eigenvalue weighted by atomic mass is 9.64. The molecule has 6 heteroatoms. The summed E-state index contributed by atoms with van der Waals surface area (Å²) < 4.78 is 0. The molecule has 1 aliphatic rings. The minimum Gasteiger partial charge on any atom is -0.393 e. The van der Waals surface area contributed by atoms with Crippen molar-refractivity contribution in [3.63, 3.8) is 0 Å². The van der Waals surface area contributed by atoms with E-state index < -0.39 is 0 Å². The lowest BCUT2D eigenvalue weighted by Crippen LogP contribution is -2.57. The normalized spacial score (nSPS) is 27.2. The molecule has 1 aromatic rings. The van der Waals surface area contributed by atoms with Crippen molar-refractivity contribution in [2.24, 2.45) is 5.41 Å². The van der Waals surface area contributed by atoms with Crippen LogP contribution in [0.25, 0.3) is 0 Å². The van der Waals surface area contributed by atoms with Crippen molar-refractivity contribution in [1.82, 2.24) is 9.97 Å². The maximum atomic E-state index is 9.62. The molecule has 4 N–H and O–H groups in total. The zero-order valence-corrected chi connectivity index (χ0v) is 9.99. The number of nitrogens with one attached hydrogen (secondary N) is 1. The number of nitrogens with two attached hydrogens (primary N) is 1. The van der Waals surface area contributed by atoms with Gasteiger partial charge in [0.15, 0.2) is 11.0 Å². The van der Waals surface area contributed by atoms with Crippen LogP contribution in [0.4, 0.5) is 11.5 Å². The lowest BCUT2D eigenvalue weighted by molar-refractivity contribution is -0.0511. The van der Waals surface area contributed by atoms with Gasteiger partial charge in [-0.15, -0.1) is 0 Å². The fourth-order valence-electron chi connectivity index (χ4n) is 1.80. The molecule has 2 rings (SSSR count). The third kappa shape index (κ3) is 1.70. The van der Waals surface area contributed by atoms with Crippen LogP contribution in [-0.2, 0) is 0 Å². The van der Waals surface area contributed by atoms with Gasteiger partial charge >= 0.3 is 0 Å². The Bertz CT molecular complexity index is 410. The first-order valence-corrected chi connectivity index (χ1v) is 5.51. The number of aliphatic hydroxyl groups is 1. The van der Waals surface area contributed by atoms with Crippen LogP contribution in [-0.4, -0.2) is 27.2 Å². The number of hydrogen-bond acceptors (Lipinski definition) is 5.